The van der Waals surface area contributed by atoms with Crippen LogP contribution in [0.25, 0.3) is 6.08 Å². The van der Waals surface area contributed by atoms with E-state index in [4.69, 9.17) is 14.2 Å². The summed E-state index contributed by atoms with van der Waals surface area (Å²) in [5.41, 5.74) is 0.682. The predicted molar refractivity (Wildman–Crippen MR) is 93.5 cm³/mol. The van der Waals surface area contributed by atoms with E-state index in [0.717, 1.165) is 11.8 Å². The molecule has 0 saturated carbocycles. The number of carbonyl (C=O) groups is 3. The second-order valence-corrected chi connectivity index (χ2v) is 5.92. The Morgan fingerprint density at radius 2 is 2.00 bits per heavy atom. The minimum atomic E-state index is -0.470. The molecule has 2 rings (SSSR count). The average Bonchev–Trinajstić information content (AvgIpc) is 2.86. The lowest BCUT2D eigenvalue weighted by Gasteiger charge is -2.11. The van der Waals surface area contributed by atoms with Gasteiger partial charge in [-0.3, -0.25) is 14.5 Å². The van der Waals surface area contributed by atoms with Crippen molar-refractivity contribution in [3.05, 3.63) is 28.7 Å². The minimum Gasteiger partial charge on any atom is -0.493 e. The van der Waals surface area contributed by atoms with Gasteiger partial charge >= 0.3 is 5.97 Å². The highest BCUT2D eigenvalue weighted by atomic mass is 32.2. The fraction of sp³-hybridized carbons (Fsp3) is 0.353. The second-order valence-electron chi connectivity index (χ2n) is 4.93. The molecular weight excluding hydrogens is 346 g/mol. The van der Waals surface area contributed by atoms with E-state index in [2.05, 4.69) is 0 Å². The van der Waals surface area contributed by atoms with Gasteiger partial charge in [-0.15, -0.1) is 0 Å². The number of ether oxygens (including phenoxy) is 3. The highest BCUT2D eigenvalue weighted by Crippen LogP contribution is 2.34. The predicted octanol–water partition coefficient (Wildman–Crippen LogP) is 2.69. The monoisotopic (exact) mass is 365 g/mol. The zero-order valence-corrected chi connectivity index (χ0v) is 15.1. The van der Waals surface area contributed by atoms with E-state index in [1.54, 1.807) is 38.1 Å². The first-order valence-electron chi connectivity index (χ1n) is 7.72. The van der Waals surface area contributed by atoms with Crippen LogP contribution in [0.15, 0.2) is 23.1 Å². The molecule has 8 heteroatoms. The zero-order valence-electron chi connectivity index (χ0n) is 14.2. The Labute approximate surface area is 149 Å². The minimum absolute atomic E-state index is 0.223. The highest BCUT2D eigenvalue weighted by Gasteiger charge is 2.33. The fourth-order valence-electron chi connectivity index (χ4n) is 2.16. The summed E-state index contributed by atoms with van der Waals surface area (Å²) in [7, 11) is 1.47. The molecule has 0 bridgehead atoms. The Bertz CT molecular complexity index is 715. The number of likely N-dealkylation sites (N-methyl/N-ethyl adjacent to an activating group) is 1. The fourth-order valence-corrected chi connectivity index (χ4v) is 3.06. The Morgan fingerprint density at radius 1 is 1.24 bits per heavy atom. The van der Waals surface area contributed by atoms with Crippen molar-refractivity contribution < 1.29 is 28.6 Å². The third kappa shape index (κ3) is 4.54. The molecule has 1 aliphatic heterocycles. The maximum absolute atomic E-state index is 12.1. The van der Waals surface area contributed by atoms with Crippen LogP contribution in [0.4, 0.5) is 4.79 Å². The van der Waals surface area contributed by atoms with Crippen molar-refractivity contribution in [3.63, 3.8) is 0 Å². The second kappa shape index (κ2) is 8.57. The average molecular weight is 365 g/mol. The topological polar surface area (TPSA) is 82.1 Å². The quantitative estimate of drug-likeness (QED) is 0.543. The van der Waals surface area contributed by atoms with E-state index in [0.29, 0.717) is 28.5 Å². The SMILES string of the molecule is CCOC(=O)COc1ccc(/C=C2\SC(=O)N(CC)C2=O)cc1OC. The molecule has 1 saturated heterocycles. The van der Waals surface area contributed by atoms with Crippen molar-refractivity contribution in [2.24, 2.45) is 0 Å². The van der Waals surface area contributed by atoms with Gasteiger partial charge in [0.05, 0.1) is 18.6 Å². The lowest BCUT2D eigenvalue weighted by atomic mass is 10.2. The maximum Gasteiger partial charge on any atom is 0.344 e. The van der Waals surface area contributed by atoms with Crippen LogP contribution in [-0.4, -0.2) is 48.9 Å². The smallest absolute Gasteiger partial charge is 0.344 e. The number of rotatable bonds is 7. The van der Waals surface area contributed by atoms with Crippen molar-refractivity contribution >= 4 is 35.0 Å². The van der Waals surface area contributed by atoms with Crippen molar-refractivity contribution in [1.29, 1.82) is 0 Å². The number of carbonyl (C=O) groups excluding carboxylic acids is 3. The Kier molecular flexibility index (Phi) is 6.46. The van der Waals surface area contributed by atoms with Crippen LogP contribution < -0.4 is 9.47 Å². The first-order valence-corrected chi connectivity index (χ1v) is 8.53. The van der Waals surface area contributed by atoms with Gasteiger partial charge in [-0.2, -0.15) is 0 Å². The molecule has 0 radical (unpaired) electrons. The van der Waals surface area contributed by atoms with E-state index < -0.39 is 5.97 Å². The Balaban J connectivity index is 2.16. The largest absolute Gasteiger partial charge is 0.493 e. The summed E-state index contributed by atoms with van der Waals surface area (Å²) in [6.07, 6.45) is 1.62. The van der Waals surface area contributed by atoms with Crippen molar-refractivity contribution in [1.82, 2.24) is 4.90 Å². The van der Waals surface area contributed by atoms with Crippen molar-refractivity contribution in [3.8, 4) is 11.5 Å². The van der Waals surface area contributed by atoms with Crippen LogP contribution in [0.2, 0.25) is 0 Å². The number of thioether (sulfide) groups is 1. The van der Waals surface area contributed by atoms with Gasteiger partial charge in [0.15, 0.2) is 18.1 Å². The van der Waals surface area contributed by atoms with Gasteiger partial charge in [-0.05, 0) is 49.4 Å². The highest BCUT2D eigenvalue weighted by molar-refractivity contribution is 8.18. The number of benzene rings is 1. The van der Waals surface area contributed by atoms with Crippen LogP contribution in [-0.2, 0) is 14.3 Å². The van der Waals surface area contributed by atoms with E-state index in [9.17, 15) is 14.4 Å². The van der Waals surface area contributed by atoms with Gasteiger partial charge in [0.25, 0.3) is 11.1 Å². The molecule has 0 N–H and O–H groups in total. The van der Waals surface area contributed by atoms with Crippen LogP contribution in [0.1, 0.15) is 19.4 Å². The molecule has 0 spiro atoms. The number of imide groups is 1. The summed E-state index contributed by atoms with van der Waals surface area (Å²) in [6.45, 7) is 3.86. The molecule has 0 atom stereocenters. The first kappa shape index (κ1) is 18.9. The molecule has 1 fully saturated rings. The number of methoxy groups -OCH3 is 1. The Morgan fingerprint density at radius 3 is 2.60 bits per heavy atom. The van der Waals surface area contributed by atoms with Crippen LogP contribution >= 0.6 is 11.8 Å². The first-order chi connectivity index (χ1) is 12.0. The molecule has 134 valence electrons. The molecule has 1 aromatic carbocycles. The van der Waals surface area contributed by atoms with E-state index in [1.165, 1.54) is 12.0 Å². The van der Waals surface area contributed by atoms with Gasteiger partial charge < -0.3 is 14.2 Å². The van der Waals surface area contributed by atoms with Crippen LogP contribution in [0.3, 0.4) is 0 Å². The third-order valence-electron chi connectivity index (χ3n) is 3.33. The molecule has 7 nitrogen and oxygen atoms in total. The third-order valence-corrected chi connectivity index (χ3v) is 4.23. The number of nitrogens with zero attached hydrogens (tertiary/aromatic N) is 1. The number of hydrogen-bond acceptors (Lipinski definition) is 7. The van der Waals surface area contributed by atoms with Crippen molar-refractivity contribution in [2.45, 2.75) is 13.8 Å². The van der Waals surface area contributed by atoms with Gasteiger partial charge in [-0.1, -0.05) is 6.07 Å². The normalized spacial score (nSPS) is 15.6. The molecule has 1 aliphatic rings. The van der Waals surface area contributed by atoms with Crippen molar-refractivity contribution in [2.75, 3.05) is 26.9 Å². The lowest BCUT2D eigenvalue weighted by molar-refractivity contribution is -0.145. The molecule has 0 aliphatic carbocycles. The Hall–Kier alpha value is -2.48. The summed E-state index contributed by atoms with van der Waals surface area (Å²) >= 11 is 0.904. The summed E-state index contributed by atoms with van der Waals surface area (Å²) in [5, 5.41) is -0.278. The maximum atomic E-state index is 12.1. The van der Waals surface area contributed by atoms with E-state index in [-0.39, 0.29) is 24.4 Å². The van der Waals surface area contributed by atoms with E-state index >= 15 is 0 Å². The number of esters is 1. The van der Waals surface area contributed by atoms with Crippen LogP contribution in [0.5, 0.6) is 11.5 Å². The molecule has 1 aromatic rings. The molecule has 2 amide bonds. The number of amides is 2. The lowest BCUT2D eigenvalue weighted by Crippen LogP contribution is -2.27. The molecule has 1 heterocycles. The molecule has 0 unspecified atom stereocenters. The van der Waals surface area contributed by atoms with Gasteiger partial charge in [0.1, 0.15) is 0 Å². The summed E-state index contributed by atoms with van der Waals surface area (Å²) in [6, 6.07) is 5.01. The molecular formula is C17H19NO6S. The molecule has 0 aromatic heterocycles. The van der Waals surface area contributed by atoms with E-state index in [1.807, 2.05) is 0 Å². The molecule has 25 heavy (non-hydrogen) atoms. The van der Waals surface area contributed by atoms with Gasteiger partial charge in [0, 0.05) is 6.54 Å². The summed E-state index contributed by atoms with van der Waals surface area (Å²) < 4.78 is 15.4. The summed E-state index contributed by atoms with van der Waals surface area (Å²) in [4.78, 5) is 36.8. The number of hydrogen-bond donors (Lipinski definition) is 0. The standard InChI is InChI=1S/C17H19NO6S/c1-4-18-16(20)14(25-17(18)21)9-11-6-7-12(13(8-11)22-3)24-10-15(19)23-5-2/h6-9H,4-5,10H2,1-3H3/b14-9-. The zero-order chi connectivity index (χ0) is 18.4. The van der Waals surface area contributed by atoms with Gasteiger partial charge in [-0.25, -0.2) is 4.79 Å². The van der Waals surface area contributed by atoms with Gasteiger partial charge in [0.2, 0.25) is 0 Å². The van der Waals surface area contributed by atoms with Crippen LogP contribution in [0, 0.1) is 0 Å². The summed E-state index contributed by atoms with van der Waals surface area (Å²) in [5.74, 6) is 0.0168.